The SMILES string of the molecule is Cc1ccc(COc2c(I)cc(/C=C(/C#N)C(=O)Nc3ccc(Cl)cc3[N+](=O)[O-])cc2I)cc1. The Balaban J connectivity index is 1.80. The number of nitrogens with one attached hydrogen (secondary N) is 1. The number of nitriles is 1. The van der Waals surface area contributed by atoms with Crippen molar-refractivity contribution in [3.05, 3.63) is 99.1 Å². The summed E-state index contributed by atoms with van der Waals surface area (Å²) in [6, 6.07) is 17.4. The summed E-state index contributed by atoms with van der Waals surface area (Å²) in [5.41, 5.74) is 2.22. The molecule has 0 saturated heterocycles. The predicted octanol–water partition coefficient (Wildman–Crippen LogP) is 6.89. The Labute approximate surface area is 228 Å². The van der Waals surface area contributed by atoms with Crippen LogP contribution in [0.4, 0.5) is 11.4 Å². The molecule has 0 aliphatic carbocycles. The molecule has 0 atom stereocenters. The van der Waals surface area contributed by atoms with E-state index in [1.54, 1.807) is 12.1 Å². The molecular weight excluding hydrogens is 684 g/mol. The van der Waals surface area contributed by atoms with E-state index in [9.17, 15) is 20.2 Å². The highest BCUT2D eigenvalue weighted by Crippen LogP contribution is 2.31. The molecule has 1 amide bonds. The van der Waals surface area contributed by atoms with Crippen LogP contribution in [0.25, 0.3) is 6.08 Å². The van der Waals surface area contributed by atoms with Gasteiger partial charge < -0.3 is 10.1 Å². The molecule has 0 spiro atoms. The normalized spacial score (nSPS) is 11.0. The Morgan fingerprint density at radius 3 is 2.41 bits per heavy atom. The van der Waals surface area contributed by atoms with Crippen molar-refractivity contribution in [2.75, 3.05) is 5.32 Å². The number of hydrogen-bond acceptors (Lipinski definition) is 5. The van der Waals surface area contributed by atoms with E-state index in [0.29, 0.717) is 17.9 Å². The van der Waals surface area contributed by atoms with Crippen molar-refractivity contribution in [1.29, 1.82) is 5.26 Å². The van der Waals surface area contributed by atoms with E-state index in [1.165, 1.54) is 23.8 Å². The van der Waals surface area contributed by atoms with Gasteiger partial charge in [-0.25, -0.2) is 0 Å². The first-order valence-electron chi connectivity index (χ1n) is 9.72. The molecule has 0 saturated carbocycles. The monoisotopic (exact) mass is 699 g/mol. The molecule has 34 heavy (non-hydrogen) atoms. The van der Waals surface area contributed by atoms with Crippen LogP contribution in [0.2, 0.25) is 5.02 Å². The van der Waals surface area contributed by atoms with Gasteiger partial charge >= 0.3 is 0 Å². The summed E-state index contributed by atoms with van der Waals surface area (Å²) < 4.78 is 7.62. The number of halogens is 3. The number of carbonyl (C=O) groups excluding carboxylic acids is 1. The van der Waals surface area contributed by atoms with Crippen molar-refractivity contribution in [2.24, 2.45) is 0 Å². The summed E-state index contributed by atoms with van der Waals surface area (Å²) in [4.78, 5) is 23.2. The zero-order chi connectivity index (χ0) is 24.8. The first-order valence-corrected chi connectivity index (χ1v) is 12.3. The molecule has 0 unspecified atom stereocenters. The number of hydrogen-bond donors (Lipinski definition) is 1. The van der Waals surface area contributed by atoms with Gasteiger partial charge in [-0.1, -0.05) is 41.4 Å². The van der Waals surface area contributed by atoms with E-state index in [-0.39, 0.29) is 22.0 Å². The predicted molar refractivity (Wildman–Crippen MR) is 148 cm³/mol. The molecule has 3 aromatic carbocycles. The van der Waals surface area contributed by atoms with Gasteiger partial charge in [0.05, 0.1) is 12.1 Å². The van der Waals surface area contributed by atoms with E-state index >= 15 is 0 Å². The van der Waals surface area contributed by atoms with Crippen LogP contribution >= 0.6 is 56.8 Å². The fraction of sp³-hybridized carbons (Fsp3) is 0.0833. The van der Waals surface area contributed by atoms with Crippen LogP contribution in [0, 0.1) is 35.5 Å². The molecule has 1 N–H and O–H groups in total. The van der Waals surface area contributed by atoms with Gasteiger partial charge in [0.1, 0.15) is 29.7 Å². The number of ether oxygens (including phenoxy) is 1. The van der Waals surface area contributed by atoms with Gasteiger partial charge in [-0.15, -0.1) is 0 Å². The van der Waals surface area contributed by atoms with E-state index in [0.717, 1.165) is 18.8 Å². The molecule has 3 aromatic rings. The Hall–Kier alpha value is -2.69. The molecule has 172 valence electrons. The minimum Gasteiger partial charge on any atom is -0.487 e. The highest BCUT2D eigenvalue weighted by atomic mass is 127. The van der Waals surface area contributed by atoms with Crippen molar-refractivity contribution in [1.82, 2.24) is 0 Å². The number of aryl methyl sites for hydroxylation is 1. The van der Waals surface area contributed by atoms with E-state index in [2.05, 4.69) is 50.5 Å². The summed E-state index contributed by atoms with van der Waals surface area (Å²) in [5, 5.41) is 23.3. The number of anilines is 1. The van der Waals surface area contributed by atoms with Crippen molar-refractivity contribution in [3.8, 4) is 11.8 Å². The Kier molecular flexibility index (Phi) is 8.87. The number of nitro benzene ring substituents is 1. The molecule has 0 aromatic heterocycles. The second kappa shape index (κ2) is 11.6. The third-order valence-electron chi connectivity index (χ3n) is 4.61. The van der Waals surface area contributed by atoms with Gasteiger partial charge in [-0.3, -0.25) is 14.9 Å². The summed E-state index contributed by atoms with van der Waals surface area (Å²) in [7, 11) is 0. The molecule has 0 radical (unpaired) electrons. The Bertz CT molecular complexity index is 1310. The molecule has 0 heterocycles. The van der Waals surface area contributed by atoms with E-state index in [1.807, 2.05) is 37.3 Å². The maximum Gasteiger partial charge on any atom is 0.294 e. The summed E-state index contributed by atoms with van der Waals surface area (Å²) in [5.74, 6) is -0.0590. The molecule has 7 nitrogen and oxygen atoms in total. The standard InChI is InChI=1S/C24H16ClI2N3O4/c1-14-2-4-15(5-3-14)13-34-23-19(26)9-16(10-20(23)27)8-17(12-28)24(31)29-21-7-6-18(25)11-22(21)30(32)33/h2-11H,13H2,1H3,(H,29,31)/b17-8-. The molecule has 10 heteroatoms. The van der Waals surface area contributed by atoms with Gasteiger partial charge in [-0.05, 0) is 93.6 Å². The van der Waals surface area contributed by atoms with E-state index in [4.69, 9.17) is 16.3 Å². The third-order valence-corrected chi connectivity index (χ3v) is 6.44. The number of carbonyl (C=O) groups is 1. The summed E-state index contributed by atoms with van der Waals surface area (Å²) >= 11 is 10.1. The lowest BCUT2D eigenvalue weighted by Crippen LogP contribution is -2.14. The topological polar surface area (TPSA) is 105 Å². The van der Waals surface area contributed by atoms with Crippen molar-refractivity contribution in [3.63, 3.8) is 0 Å². The van der Waals surface area contributed by atoms with Gasteiger partial charge in [0, 0.05) is 11.1 Å². The minimum atomic E-state index is -0.766. The molecule has 0 bridgehead atoms. The molecule has 0 aliphatic heterocycles. The second-order valence-electron chi connectivity index (χ2n) is 7.13. The maximum absolute atomic E-state index is 12.6. The number of rotatable bonds is 7. The number of amides is 1. The lowest BCUT2D eigenvalue weighted by atomic mass is 10.1. The Morgan fingerprint density at radius 1 is 1.18 bits per heavy atom. The highest BCUT2D eigenvalue weighted by Gasteiger charge is 2.19. The van der Waals surface area contributed by atoms with Crippen LogP contribution < -0.4 is 10.1 Å². The van der Waals surface area contributed by atoms with Gasteiger partial charge in [0.15, 0.2) is 0 Å². The Morgan fingerprint density at radius 2 is 1.82 bits per heavy atom. The van der Waals surface area contributed by atoms with Gasteiger partial charge in [-0.2, -0.15) is 5.26 Å². The highest BCUT2D eigenvalue weighted by molar-refractivity contribution is 14.1. The zero-order valence-corrected chi connectivity index (χ0v) is 22.7. The fourth-order valence-corrected chi connectivity index (χ4v) is 5.20. The largest absolute Gasteiger partial charge is 0.487 e. The zero-order valence-electron chi connectivity index (χ0n) is 17.6. The third kappa shape index (κ3) is 6.68. The van der Waals surface area contributed by atoms with Crippen LogP contribution in [-0.2, 0) is 11.4 Å². The summed E-state index contributed by atoms with van der Waals surface area (Å²) in [6.45, 7) is 2.43. The minimum absolute atomic E-state index is 0.0513. The number of benzene rings is 3. The van der Waals surface area contributed by atoms with Crippen LogP contribution in [0.15, 0.2) is 60.2 Å². The molecular formula is C24H16ClI2N3O4. The van der Waals surface area contributed by atoms with E-state index < -0.39 is 10.8 Å². The fourth-order valence-electron chi connectivity index (χ4n) is 2.91. The smallest absolute Gasteiger partial charge is 0.294 e. The molecule has 0 aliphatic rings. The molecule has 3 rings (SSSR count). The van der Waals surface area contributed by atoms with Crippen LogP contribution in [-0.4, -0.2) is 10.8 Å². The van der Waals surface area contributed by atoms with Gasteiger partial charge in [0.25, 0.3) is 11.6 Å². The quantitative estimate of drug-likeness (QED) is 0.0951. The van der Waals surface area contributed by atoms with Crippen molar-refractivity contribution < 1.29 is 14.5 Å². The van der Waals surface area contributed by atoms with Crippen molar-refractivity contribution in [2.45, 2.75) is 13.5 Å². The number of nitrogens with zero attached hydrogens (tertiary/aromatic N) is 2. The van der Waals surface area contributed by atoms with Crippen molar-refractivity contribution >= 4 is 80.1 Å². The maximum atomic E-state index is 12.6. The van der Waals surface area contributed by atoms with Gasteiger partial charge in [0.2, 0.25) is 0 Å². The second-order valence-corrected chi connectivity index (χ2v) is 9.89. The average Bonchev–Trinajstić information content (AvgIpc) is 2.79. The first-order chi connectivity index (χ1) is 16.2. The number of nitro groups is 1. The lowest BCUT2D eigenvalue weighted by molar-refractivity contribution is -0.383. The van der Waals surface area contributed by atoms with Crippen LogP contribution in [0.1, 0.15) is 16.7 Å². The first kappa shape index (κ1) is 25.9. The lowest BCUT2D eigenvalue weighted by Gasteiger charge is -2.12. The summed E-state index contributed by atoms with van der Waals surface area (Å²) in [6.07, 6.45) is 1.42. The van der Waals surface area contributed by atoms with Crippen LogP contribution in [0.5, 0.6) is 5.75 Å². The van der Waals surface area contributed by atoms with Crippen LogP contribution in [0.3, 0.4) is 0 Å². The average molecular weight is 700 g/mol. The molecule has 0 fully saturated rings.